The van der Waals surface area contributed by atoms with E-state index in [1.54, 1.807) is 11.3 Å². The zero-order valence-electron chi connectivity index (χ0n) is 11.3. The minimum atomic E-state index is 0.421. The molecule has 3 heterocycles. The van der Waals surface area contributed by atoms with Crippen molar-refractivity contribution in [3.05, 3.63) is 52.3 Å². The molecule has 0 saturated carbocycles. The van der Waals surface area contributed by atoms with Crippen LogP contribution in [0.15, 0.2) is 30.3 Å². The van der Waals surface area contributed by atoms with Crippen LogP contribution in [0.5, 0.6) is 0 Å². The lowest BCUT2D eigenvalue weighted by molar-refractivity contribution is 0.536. The van der Waals surface area contributed by atoms with Crippen LogP contribution in [0.3, 0.4) is 0 Å². The number of hydrogen-bond donors (Lipinski definition) is 1. The van der Waals surface area contributed by atoms with E-state index in [-0.39, 0.29) is 0 Å². The third-order valence-electron chi connectivity index (χ3n) is 3.77. The monoisotopic (exact) mass is 284 g/mol. The van der Waals surface area contributed by atoms with Gasteiger partial charge in [0.25, 0.3) is 0 Å². The van der Waals surface area contributed by atoms with Crippen LogP contribution in [-0.4, -0.2) is 21.1 Å². The fraction of sp³-hybridized carbons (Fsp3) is 0.333. The van der Waals surface area contributed by atoms with E-state index in [0.717, 1.165) is 30.2 Å². The van der Waals surface area contributed by atoms with E-state index in [4.69, 9.17) is 10.1 Å². The Morgan fingerprint density at radius 3 is 3.05 bits per heavy atom. The summed E-state index contributed by atoms with van der Waals surface area (Å²) in [4.78, 5) is 7.10. The van der Waals surface area contributed by atoms with E-state index in [1.165, 1.54) is 16.1 Å². The Morgan fingerprint density at radius 2 is 2.20 bits per heavy atom. The van der Waals surface area contributed by atoms with Gasteiger partial charge in [0.2, 0.25) is 4.96 Å². The first kappa shape index (κ1) is 12.1. The first-order valence-electron chi connectivity index (χ1n) is 6.96. The second-order valence-electron chi connectivity index (χ2n) is 5.22. The predicted octanol–water partition coefficient (Wildman–Crippen LogP) is 2.59. The van der Waals surface area contributed by atoms with E-state index >= 15 is 0 Å². The Morgan fingerprint density at radius 1 is 1.35 bits per heavy atom. The topological polar surface area (TPSA) is 42.2 Å². The number of nitrogens with zero attached hydrogens (tertiary/aromatic N) is 3. The quantitative estimate of drug-likeness (QED) is 0.786. The van der Waals surface area contributed by atoms with Crippen molar-refractivity contribution in [1.82, 2.24) is 19.9 Å². The molecule has 0 fully saturated rings. The van der Waals surface area contributed by atoms with Gasteiger partial charge in [0.1, 0.15) is 0 Å². The average Bonchev–Trinajstić information content (AvgIpc) is 2.99. The SMILES string of the molecule is CC1NCCc2c1sc1nc(Cc3ccccc3)nn21. The lowest BCUT2D eigenvalue weighted by atomic mass is 10.1. The van der Waals surface area contributed by atoms with Gasteiger partial charge in [-0.15, -0.1) is 5.10 Å². The first-order chi connectivity index (χ1) is 9.81. The molecule has 2 aromatic heterocycles. The second-order valence-corrected chi connectivity index (χ2v) is 6.23. The molecule has 102 valence electrons. The van der Waals surface area contributed by atoms with Crippen molar-refractivity contribution in [2.45, 2.75) is 25.8 Å². The largest absolute Gasteiger partial charge is 0.309 e. The summed E-state index contributed by atoms with van der Waals surface area (Å²) >= 11 is 1.77. The summed E-state index contributed by atoms with van der Waals surface area (Å²) < 4.78 is 2.05. The molecule has 1 unspecified atom stereocenters. The summed E-state index contributed by atoms with van der Waals surface area (Å²) in [5, 5.41) is 8.19. The van der Waals surface area contributed by atoms with E-state index in [0.29, 0.717) is 6.04 Å². The van der Waals surface area contributed by atoms with Gasteiger partial charge in [-0.2, -0.15) is 0 Å². The number of thiazole rings is 1. The molecule has 1 aliphatic heterocycles. The lowest BCUT2D eigenvalue weighted by Crippen LogP contribution is -2.27. The van der Waals surface area contributed by atoms with Crippen LogP contribution < -0.4 is 5.32 Å². The third-order valence-corrected chi connectivity index (χ3v) is 5.03. The van der Waals surface area contributed by atoms with E-state index < -0.39 is 0 Å². The van der Waals surface area contributed by atoms with E-state index in [2.05, 4.69) is 41.0 Å². The van der Waals surface area contributed by atoms with Crippen LogP contribution >= 0.6 is 11.3 Å². The highest BCUT2D eigenvalue weighted by Crippen LogP contribution is 2.30. The fourth-order valence-electron chi connectivity index (χ4n) is 2.76. The van der Waals surface area contributed by atoms with Gasteiger partial charge >= 0.3 is 0 Å². The minimum Gasteiger partial charge on any atom is -0.309 e. The van der Waals surface area contributed by atoms with Gasteiger partial charge in [-0.1, -0.05) is 41.7 Å². The second kappa shape index (κ2) is 4.68. The Hall–Kier alpha value is -1.72. The fourth-order valence-corrected chi connectivity index (χ4v) is 3.91. The Labute approximate surface area is 121 Å². The van der Waals surface area contributed by atoms with Gasteiger partial charge in [0, 0.05) is 30.3 Å². The first-order valence-corrected chi connectivity index (χ1v) is 7.77. The van der Waals surface area contributed by atoms with Gasteiger partial charge in [-0.3, -0.25) is 0 Å². The number of benzene rings is 1. The molecule has 1 aliphatic rings. The zero-order chi connectivity index (χ0) is 13.5. The average molecular weight is 284 g/mol. The summed E-state index contributed by atoms with van der Waals surface area (Å²) in [7, 11) is 0. The van der Waals surface area contributed by atoms with Crippen LogP contribution in [0.2, 0.25) is 0 Å². The number of nitrogens with one attached hydrogen (secondary N) is 1. The molecule has 1 N–H and O–H groups in total. The predicted molar refractivity (Wildman–Crippen MR) is 80.2 cm³/mol. The molecule has 4 nitrogen and oxygen atoms in total. The van der Waals surface area contributed by atoms with Crippen molar-refractivity contribution in [3.63, 3.8) is 0 Å². The van der Waals surface area contributed by atoms with Gasteiger partial charge in [0.15, 0.2) is 5.82 Å². The molecule has 5 heteroatoms. The molecule has 1 aromatic carbocycles. The number of fused-ring (bicyclic) bond motifs is 3. The molecule has 0 saturated heterocycles. The summed E-state index contributed by atoms with van der Waals surface area (Å²) in [5.41, 5.74) is 2.60. The van der Waals surface area contributed by atoms with Gasteiger partial charge in [-0.05, 0) is 12.5 Å². The summed E-state index contributed by atoms with van der Waals surface area (Å²) in [6.07, 6.45) is 1.84. The highest BCUT2D eigenvalue weighted by atomic mass is 32.1. The van der Waals surface area contributed by atoms with Crippen LogP contribution in [0.4, 0.5) is 0 Å². The summed E-state index contributed by atoms with van der Waals surface area (Å²) in [6.45, 7) is 3.23. The standard InChI is InChI=1S/C15H16N4S/c1-10-14-12(7-8-16-10)19-15(20-14)17-13(18-19)9-11-5-3-2-4-6-11/h2-6,10,16H,7-9H2,1H3. The van der Waals surface area contributed by atoms with Gasteiger partial charge < -0.3 is 5.32 Å². The van der Waals surface area contributed by atoms with Crippen LogP contribution in [0.1, 0.15) is 34.9 Å². The van der Waals surface area contributed by atoms with Crippen molar-refractivity contribution >= 4 is 16.3 Å². The maximum atomic E-state index is 4.70. The Kier molecular flexibility index (Phi) is 2.82. The van der Waals surface area contributed by atoms with Crippen molar-refractivity contribution in [3.8, 4) is 0 Å². The molecule has 4 rings (SSSR count). The molecule has 0 aliphatic carbocycles. The van der Waals surface area contributed by atoms with Gasteiger partial charge in [-0.25, -0.2) is 9.50 Å². The highest BCUT2D eigenvalue weighted by Gasteiger charge is 2.23. The van der Waals surface area contributed by atoms with Crippen LogP contribution in [0.25, 0.3) is 4.96 Å². The molecule has 3 aromatic rings. The van der Waals surface area contributed by atoms with Crippen molar-refractivity contribution in [2.75, 3.05) is 6.54 Å². The molecule has 1 atom stereocenters. The van der Waals surface area contributed by atoms with Crippen LogP contribution in [-0.2, 0) is 12.8 Å². The Bertz CT molecular complexity index is 744. The zero-order valence-corrected chi connectivity index (χ0v) is 12.2. The van der Waals surface area contributed by atoms with Crippen molar-refractivity contribution < 1.29 is 0 Å². The van der Waals surface area contributed by atoms with Gasteiger partial charge in [0.05, 0.1) is 5.69 Å². The molecule has 0 amide bonds. The molecule has 20 heavy (non-hydrogen) atoms. The summed E-state index contributed by atoms with van der Waals surface area (Å²) in [6, 6.07) is 10.8. The normalized spacial score (nSPS) is 18.4. The molecule has 0 radical (unpaired) electrons. The maximum absolute atomic E-state index is 4.70. The van der Waals surface area contributed by atoms with Crippen LogP contribution in [0, 0.1) is 0 Å². The van der Waals surface area contributed by atoms with E-state index in [1.807, 2.05) is 6.07 Å². The highest BCUT2D eigenvalue weighted by molar-refractivity contribution is 7.17. The molecule has 0 bridgehead atoms. The number of hydrogen-bond acceptors (Lipinski definition) is 4. The smallest absolute Gasteiger partial charge is 0.212 e. The van der Waals surface area contributed by atoms with Crippen molar-refractivity contribution in [1.29, 1.82) is 0 Å². The number of aromatic nitrogens is 3. The van der Waals surface area contributed by atoms with E-state index in [9.17, 15) is 0 Å². The Balaban J connectivity index is 1.72. The van der Waals surface area contributed by atoms with Crippen molar-refractivity contribution in [2.24, 2.45) is 0 Å². The lowest BCUT2D eigenvalue weighted by Gasteiger charge is -2.19. The number of rotatable bonds is 2. The molecular weight excluding hydrogens is 268 g/mol. The summed E-state index contributed by atoms with van der Waals surface area (Å²) in [5.74, 6) is 0.913. The molecular formula is C15H16N4S. The third kappa shape index (κ3) is 1.94. The minimum absolute atomic E-state index is 0.421. The molecule has 0 spiro atoms. The maximum Gasteiger partial charge on any atom is 0.212 e.